The third-order valence-corrected chi connectivity index (χ3v) is 6.35. The molecule has 1 fully saturated rings. The van der Waals surface area contributed by atoms with Crippen molar-refractivity contribution in [3.63, 3.8) is 0 Å². The van der Waals surface area contributed by atoms with Crippen molar-refractivity contribution in [2.75, 3.05) is 13.6 Å². The van der Waals surface area contributed by atoms with Crippen LogP contribution < -0.4 is 5.32 Å². The summed E-state index contributed by atoms with van der Waals surface area (Å²) in [6.07, 6.45) is 6.83. The molecule has 0 saturated heterocycles. The van der Waals surface area contributed by atoms with E-state index in [1.165, 1.54) is 12.8 Å². The maximum Gasteiger partial charge on any atom is 0.217 e. The van der Waals surface area contributed by atoms with Crippen molar-refractivity contribution < 1.29 is 8.42 Å². The first-order valence-electron chi connectivity index (χ1n) is 7.56. The average molecular weight is 290 g/mol. The van der Waals surface area contributed by atoms with Crippen LogP contribution in [-0.4, -0.2) is 43.6 Å². The summed E-state index contributed by atoms with van der Waals surface area (Å²) in [5.41, 5.74) is 0. The summed E-state index contributed by atoms with van der Waals surface area (Å²) in [7, 11) is -1.42. The SMILES string of the molecule is CC(C)NCC(C)S(=O)(=O)N(C)C1CCCCCC1. The van der Waals surface area contributed by atoms with Gasteiger partial charge in [-0.3, -0.25) is 0 Å². The molecule has 0 aromatic carbocycles. The van der Waals surface area contributed by atoms with Crippen LogP contribution in [0.4, 0.5) is 0 Å². The Labute approximate surface area is 119 Å². The third kappa shape index (κ3) is 5.04. The smallest absolute Gasteiger partial charge is 0.217 e. The first-order chi connectivity index (χ1) is 8.85. The van der Waals surface area contributed by atoms with Crippen LogP contribution in [0.25, 0.3) is 0 Å². The number of nitrogens with zero attached hydrogens (tertiary/aromatic N) is 1. The highest BCUT2D eigenvalue weighted by atomic mass is 32.2. The number of hydrogen-bond donors (Lipinski definition) is 1. The molecule has 1 aliphatic carbocycles. The van der Waals surface area contributed by atoms with Crippen molar-refractivity contribution in [3.05, 3.63) is 0 Å². The van der Waals surface area contributed by atoms with Gasteiger partial charge in [0, 0.05) is 25.7 Å². The van der Waals surface area contributed by atoms with Crippen molar-refractivity contribution in [2.24, 2.45) is 0 Å². The summed E-state index contributed by atoms with van der Waals surface area (Å²) < 4.78 is 26.7. The molecule has 0 aromatic heterocycles. The lowest BCUT2D eigenvalue weighted by molar-refractivity contribution is 0.331. The van der Waals surface area contributed by atoms with Crippen LogP contribution in [0.5, 0.6) is 0 Å². The largest absolute Gasteiger partial charge is 0.313 e. The molecule has 0 heterocycles. The van der Waals surface area contributed by atoms with Gasteiger partial charge in [0.15, 0.2) is 0 Å². The van der Waals surface area contributed by atoms with Crippen molar-refractivity contribution in [3.8, 4) is 0 Å². The highest BCUT2D eigenvalue weighted by molar-refractivity contribution is 7.89. The Bertz CT molecular complexity index is 346. The molecule has 0 amide bonds. The molecule has 5 heteroatoms. The molecule has 0 radical (unpaired) electrons. The fraction of sp³-hybridized carbons (Fsp3) is 1.00. The summed E-state index contributed by atoms with van der Waals surface area (Å²) >= 11 is 0. The fourth-order valence-corrected chi connectivity index (χ4v) is 4.12. The van der Waals surface area contributed by atoms with Crippen LogP contribution in [0.1, 0.15) is 59.3 Å². The molecule has 1 N–H and O–H groups in total. The molecule has 0 aliphatic heterocycles. The third-order valence-electron chi connectivity index (χ3n) is 4.06. The number of rotatable bonds is 6. The van der Waals surface area contributed by atoms with E-state index in [2.05, 4.69) is 5.32 Å². The lowest BCUT2D eigenvalue weighted by atomic mass is 10.1. The average Bonchev–Trinajstić information content (AvgIpc) is 2.63. The molecule has 0 aromatic rings. The lowest BCUT2D eigenvalue weighted by Crippen LogP contribution is -2.45. The van der Waals surface area contributed by atoms with Gasteiger partial charge in [-0.05, 0) is 19.8 Å². The maximum atomic E-state index is 12.5. The highest BCUT2D eigenvalue weighted by Gasteiger charge is 2.31. The van der Waals surface area contributed by atoms with E-state index in [4.69, 9.17) is 0 Å². The number of hydrogen-bond acceptors (Lipinski definition) is 3. The zero-order valence-corrected chi connectivity index (χ0v) is 13.7. The zero-order valence-electron chi connectivity index (χ0n) is 12.9. The molecule has 0 spiro atoms. The molecule has 4 nitrogen and oxygen atoms in total. The van der Waals surface area contributed by atoms with E-state index < -0.39 is 10.0 Å². The van der Waals surface area contributed by atoms with E-state index in [0.29, 0.717) is 12.6 Å². The van der Waals surface area contributed by atoms with Crippen molar-refractivity contribution in [1.82, 2.24) is 9.62 Å². The monoisotopic (exact) mass is 290 g/mol. The first kappa shape index (κ1) is 16.9. The Morgan fingerprint density at radius 3 is 2.11 bits per heavy atom. The molecular weight excluding hydrogens is 260 g/mol. The maximum absolute atomic E-state index is 12.5. The van der Waals surface area contributed by atoms with Crippen LogP contribution in [0.15, 0.2) is 0 Å². The molecule has 1 aliphatic rings. The minimum atomic E-state index is -3.18. The summed E-state index contributed by atoms with van der Waals surface area (Å²) in [6.45, 7) is 6.40. The topological polar surface area (TPSA) is 49.4 Å². The minimum absolute atomic E-state index is 0.203. The molecule has 19 heavy (non-hydrogen) atoms. The number of nitrogens with one attached hydrogen (secondary N) is 1. The van der Waals surface area contributed by atoms with Crippen LogP contribution in [0.3, 0.4) is 0 Å². The van der Waals surface area contributed by atoms with E-state index in [-0.39, 0.29) is 11.3 Å². The second kappa shape index (κ2) is 7.60. The predicted molar refractivity (Wildman–Crippen MR) is 80.8 cm³/mol. The van der Waals surface area contributed by atoms with Crippen molar-refractivity contribution in [2.45, 2.75) is 76.6 Å². The quantitative estimate of drug-likeness (QED) is 0.764. The molecule has 1 rings (SSSR count). The lowest BCUT2D eigenvalue weighted by Gasteiger charge is -2.29. The Balaban J connectivity index is 2.63. The summed E-state index contributed by atoms with van der Waals surface area (Å²) in [5.74, 6) is 0. The molecule has 0 bridgehead atoms. The minimum Gasteiger partial charge on any atom is -0.313 e. The molecule has 1 saturated carbocycles. The van der Waals surface area contributed by atoms with Crippen LogP contribution in [0, 0.1) is 0 Å². The molecular formula is C14H30N2O2S. The van der Waals surface area contributed by atoms with Gasteiger partial charge >= 0.3 is 0 Å². The molecule has 1 unspecified atom stereocenters. The fourth-order valence-electron chi connectivity index (χ4n) is 2.62. The Morgan fingerprint density at radius 2 is 1.63 bits per heavy atom. The van der Waals surface area contributed by atoms with E-state index in [1.807, 2.05) is 13.8 Å². The second-order valence-electron chi connectivity index (χ2n) is 6.08. The zero-order chi connectivity index (χ0) is 14.5. The molecule has 1 atom stereocenters. The van der Waals surface area contributed by atoms with E-state index in [9.17, 15) is 8.42 Å². The van der Waals surface area contributed by atoms with Gasteiger partial charge in [-0.1, -0.05) is 39.5 Å². The van der Waals surface area contributed by atoms with Gasteiger partial charge in [0.05, 0.1) is 5.25 Å². The summed E-state index contributed by atoms with van der Waals surface area (Å²) in [4.78, 5) is 0. The van der Waals surface area contributed by atoms with E-state index >= 15 is 0 Å². The number of sulfonamides is 1. The highest BCUT2D eigenvalue weighted by Crippen LogP contribution is 2.24. The van der Waals surface area contributed by atoms with E-state index in [1.54, 1.807) is 18.3 Å². The Kier molecular flexibility index (Phi) is 6.77. The normalized spacial score (nSPS) is 20.7. The van der Waals surface area contributed by atoms with Crippen LogP contribution in [0.2, 0.25) is 0 Å². The van der Waals surface area contributed by atoms with Gasteiger partial charge in [0.25, 0.3) is 0 Å². The second-order valence-corrected chi connectivity index (χ2v) is 8.49. The van der Waals surface area contributed by atoms with Gasteiger partial charge in [-0.15, -0.1) is 0 Å². The predicted octanol–water partition coefficient (Wildman–Crippen LogP) is 2.36. The first-order valence-corrected chi connectivity index (χ1v) is 9.06. The summed E-state index contributed by atoms with van der Waals surface area (Å²) in [5, 5.41) is 2.86. The summed E-state index contributed by atoms with van der Waals surface area (Å²) in [6, 6.07) is 0.523. The molecule has 114 valence electrons. The van der Waals surface area contributed by atoms with Gasteiger partial charge < -0.3 is 5.32 Å². The van der Waals surface area contributed by atoms with Gasteiger partial charge in [0.1, 0.15) is 0 Å². The van der Waals surface area contributed by atoms with Gasteiger partial charge in [0.2, 0.25) is 10.0 Å². The Hall–Kier alpha value is -0.130. The van der Waals surface area contributed by atoms with Gasteiger partial charge in [-0.2, -0.15) is 0 Å². The van der Waals surface area contributed by atoms with Crippen LogP contribution >= 0.6 is 0 Å². The van der Waals surface area contributed by atoms with Crippen molar-refractivity contribution >= 4 is 10.0 Å². The van der Waals surface area contributed by atoms with E-state index in [0.717, 1.165) is 25.7 Å². The Morgan fingerprint density at radius 1 is 1.11 bits per heavy atom. The van der Waals surface area contributed by atoms with Crippen molar-refractivity contribution in [1.29, 1.82) is 0 Å². The standard InChI is InChI=1S/C14H30N2O2S/c1-12(2)15-11-13(3)19(17,18)16(4)14-9-7-5-6-8-10-14/h12-15H,5-11H2,1-4H3. The van der Waals surface area contributed by atoms with Crippen LogP contribution in [-0.2, 0) is 10.0 Å². The van der Waals surface area contributed by atoms with Gasteiger partial charge in [-0.25, -0.2) is 12.7 Å².